The molecule has 1 fully saturated rings. The number of rotatable bonds is 3. The van der Waals surface area contributed by atoms with Crippen LogP contribution in [0.5, 0.6) is 0 Å². The quantitative estimate of drug-likeness (QED) is 0.581. The number of nitrogens with zero attached hydrogens (tertiary/aromatic N) is 1. The molecule has 102 valence electrons. The summed E-state index contributed by atoms with van der Waals surface area (Å²) in [4.78, 5) is 2.07. The number of alkyl halides is 3. The molecular formula is C9H16F3NO3S. The van der Waals surface area contributed by atoms with E-state index >= 15 is 0 Å². The van der Waals surface area contributed by atoms with Crippen LogP contribution in [0.25, 0.3) is 0 Å². The molecule has 1 rings (SSSR count). The summed E-state index contributed by atoms with van der Waals surface area (Å²) in [6.07, 6.45) is -0.266. The van der Waals surface area contributed by atoms with Crippen molar-refractivity contribution in [2.75, 3.05) is 13.1 Å². The molecule has 8 heteroatoms. The average Bonchev–Trinajstić information content (AvgIpc) is 2.16. The molecule has 0 N–H and O–H groups in total. The Bertz CT molecular complexity index is 345. The van der Waals surface area contributed by atoms with Crippen molar-refractivity contribution in [3.63, 3.8) is 0 Å². The van der Waals surface area contributed by atoms with Crippen molar-refractivity contribution < 1.29 is 25.8 Å². The van der Waals surface area contributed by atoms with E-state index in [4.69, 9.17) is 0 Å². The fraction of sp³-hybridized carbons (Fsp3) is 1.00. The summed E-state index contributed by atoms with van der Waals surface area (Å²) < 4.78 is 62.0. The minimum Gasteiger partial charge on any atom is -0.301 e. The third-order valence-corrected chi connectivity index (χ3v) is 3.85. The normalized spacial score (nSPS) is 21.1. The standard InChI is InChI=1S/C9H16F3NO3S/c1-7(2)13-5-3-8(4-6-13)16-17(14,15)9(10,11)12/h7-8H,3-6H2,1-2H3. The molecule has 0 unspecified atom stereocenters. The molecule has 1 saturated heterocycles. The van der Waals surface area contributed by atoms with E-state index in [9.17, 15) is 21.6 Å². The van der Waals surface area contributed by atoms with Gasteiger partial charge in [0.15, 0.2) is 0 Å². The molecule has 0 bridgehead atoms. The molecule has 0 aliphatic carbocycles. The Kier molecular flexibility index (Phi) is 4.43. The lowest BCUT2D eigenvalue weighted by molar-refractivity contribution is -0.0597. The second kappa shape index (κ2) is 5.11. The predicted molar refractivity (Wildman–Crippen MR) is 55.8 cm³/mol. The molecule has 1 heterocycles. The first-order chi connectivity index (χ1) is 7.63. The van der Waals surface area contributed by atoms with Gasteiger partial charge in [0.05, 0.1) is 6.10 Å². The Hall–Kier alpha value is -0.340. The summed E-state index contributed by atoms with van der Waals surface area (Å²) >= 11 is 0. The Morgan fingerprint density at radius 2 is 1.71 bits per heavy atom. The molecule has 4 nitrogen and oxygen atoms in total. The van der Waals surface area contributed by atoms with Crippen molar-refractivity contribution in [3.8, 4) is 0 Å². The Balaban J connectivity index is 2.52. The first-order valence-electron chi connectivity index (χ1n) is 5.37. The summed E-state index contributed by atoms with van der Waals surface area (Å²) in [5.74, 6) is 0. The first-order valence-corrected chi connectivity index (χ1v) is 6.78. The summed E-state index contributed by atoms with van der Waals surface area (Å²) in [5, 5.41) is 0. The van der Waals surface area contributed by atoms with E-state index in [0.29, 0.717) is 32.0 Å². The summed E-state index contributed by atoms with van der Waals surface area (Å²) in [6.45, 7) is 5.06. The van der Waals surface area contributed by atoms with Crippen LogP contribution >= 0.6 is 0 Å². The molecule has 17 heavy (non-hydrogen) atoms. The van der Waals surface area contributed by atoms with E-state index in [0.717, 1.165) is 0 Å². The maximum absolute atomic E-state index is 12.1. The minimum absolute atomic E-state index is 0.299. The number of hydrogen-bond acceptors (Lipinski definition) is 4. The number of likely N-dealkylation sites (tertiary alicyclic amines) is 1. The van der Waals surface area contributed by atoms with Gasteiger partial charge in [0.2, 0.25) is 0 Å². The van der Waals surface area contributed by atoms with Gasteiger partial charge in [-0.3, -0.25) is 4.18 Å². The minimum atomic E-state index is -5.45. The van der Waals surface area contributed by atoms with Crippen LogP contribution in [-0.2, 0) is 14.3 Å². The predicted octanol–water partition coefficient (Wildman–Crippen LogP) is 1.73. The van der Waals surface area contributed by atoms with E-state index < -0.39 is 21.7 Å². The molecular weight excluding hydrogens is 259 g/mol. The second-order valence-electron chi connectivity index (χ2n) is 4.33. The molecule has 0 amide bonds. The lowest BCUT2D eigenvalue weighted by Gasteiger charge is -2.34. The molecule has 1 aliphatic heterocycles. The highest BCUT2D eigenvalue weighted by molar-refractivity contribution is 7.87. The fourth-order valence-electron chi connectivity index (χ4n) is 1.72. The average molecular weight is 275 g/mol. The summed E-state index contributed by atoms with van der Waals surface area (Å²) in [6, 6.07) is 0.301. The Labute approximate surface area is 98.9 Å². The van der Waals surface area contributed by atoms with Gasteiger partial charge in [-0.2, -0.15) is 21.6 Å². The van der Waals surface area contributed by atoms with Crippen molar-refractivity contribution >= 4 is 10.1 Å². The van der Waals surface area contributed by atoms with Gasteiger partial charge < -0.3 is 4.90 Å². The highest BCUT2D eigenvalue weighted by Gasteiger charge is 2.48. The van der Waals surface area contributed by atoms with E-state index in [-0.39, 0.29) is 0 Å². The van der Waals surface area contributed by atoms with E-state index in [1.165, 1.54) is 0 Å². The van der Waals surface area contributed by atoms with E-state index in [1.807, 2.05) is 13.8 Å². The summed E-state index contributed by atoms with van der Waals surface area (Å²) in [5.41, 5.74) is -5.33. The van der Waals surface area contributed by atoms with Crippen LogP contribution in [0.4, 0.5) is 13.2 Å². The highest BCUT2D eigenvalue weighted by atomic mass is 32.2. The van der Waals surface area contributed by atoms with E-state index in [1.54, 1.807) is 0 Å². The topological polar surface area (TPSA) is 46.6 Å². The van der Waals surface area contributed by atoms with Crippen molar-refractivity contribution in [3.05, 3.63) is 0 Å². The zero-order valence-electron chi connectivity index (χ0n) is 9.70. The first kappa shape index (κ1) is 14.7. The van der Waals surface area contributed by atoms with Crippen molar-refractivity contribution in [1.29, 1.82) is 0 Å². The smallest absolute Gasteiger partial charge is 0.301 e. The lowest BCUT2D eigenvalue weighted by atomic mass is 10.1. The van der Waals surface area contributed by atoms with Crippen molar-refractivity contribution in [2.45, 2.75) is 44.3 Å². The van der Waals surface area contributed by atoms with Crippen molar-refractivity contribution in [2.24, 2.45) is 0 Å². The summed E-state index contributed by atoms with van der Waals surface area (Å²) in [7, 11) is -5.45. The van der Waals surface area contributed by atoms with Crippen LogP contribution in [0, 0.1) is 0 Å². The van der Waals surface area contributed by atoms with Gasteiger partial charge in [0.1, 0.15) is 0 Å². The van der Waals surface area contributed by atoms with Gasteiger partial charge in [-0.05, 0) is 26.7 Å². The molecule has 0 aromatic rings. The molecule has 0 radical (unpaired) electrons. The zero-order chi connectivity index (χ0) is 13.3. The van der Waals surface area contributed by atoms with E-state index in [2.05, 4.69) is 9.08 Å². The van der Waals surface area contributed by atoms with Gasteiger partial charge >= 0.3 is 15.6 Å². The third-order valence-electron chi connectivity index (χ3n) is 2.75. The second-order valence-corrected chi connectivity index (χ2v) is 5.89. The lowest BCUT2D eigenvalue weighted by Crippen LogP contribution is -2.42. The van der Waals surface area contributed by atoms with Crippen LogP contribution in [0.3, 0.4) is 0 Å². The zero-order valence-corrected chi connectivity index (χ0v) is 10.5. The molecule has 0 aromatic heterocycles. The van der Waals surface area contributed by atoms with Crippen LogP contribution in [0.2, 0.25) is 0 Å². The van der Waals surface area contributed by atoms with Gasteiger partial charge in [-0.25, -0.2) is 0 Å². The van der Waals surface area contributed by atoms with Crippen LogP contribution in [-0.4, -0.2) is 44.1 Å². The number of piperidine rings is 1. The van der Waals surface area contributed by atoms with Crippen LogP contribution in [0.15, 0.2) is 0 Å². The van der Waals surface area contributed by atoms with Crippen LogP contribution in [0.1, 0.15) is 26.7 Å². The molecule has 0 atom stereocenters. The monoisotopic (exact) mass is 275 g/mol. The number of halogens is 3. The maximum Gasteiger partial charge on any atom is 0.523 e. The molecule has 0 aromatic carbocycles. The third kappa shape index (κ3) is 3.82. The van der Waals surface area contributed by atoms with Crippen molar-refractivity contribution in [1.82, 2.24) is 4.90 Å². The maximum atomic E-state index is 12.1. The molecule has 0 saturated carbocycles. The fourth-order valence-corrected chi connectivity index (χ4v) is 2.38. The van der Waals surface area contributed by atoms with Crippen LogP contribution < -0.4 is 0 Å². The molecule has 0 spiro atoms. The Morgan fingerprint density at radius 3 is 2.06 bits per heavy atom. The molecule has 1 aliphatic rings. The van der Waals surface area contributed by atoms with Gasteiger partial charge in [-0.15, -0.1) is 0 Å². The number of hydrogen-bond donors (Lipinski definition) is 0. The highest BCUT2D eigenvalue weighted by Crippen LogP contribution is 2.28. The van der Waals surface area contributed by atoms with Gasteiger partial charge in [-0.1, -0.05) is 0 Å². The van der Waals surface area contributed by atoms with Gasteiger partial charge in [0.25, 0.3) is 0 Å². The SMILES string of the molecule is CC(C)N1CCC(OS(=O)(=O)C(F)(F)F)CC1. The largest absolute Gasteiger partial charge is 0.523 e. The van der Waals surface area contributed by atoms with Gasteiger partial charge in [0, 0.05) is 19.1 Å². The Morgan fingerprint density at radius 1 is 1.24 bits per heavy atom.